The molecule has 0 aliphatic heterocycles. The topological polar surface area (TPSA) is 78.9 Å². The number of carbonyl (C=O) groups excluding carboxylic acids is 1. The lowest BCUT2D eigenvalue weighted by molar-refractivity contribution is -0.117. The second-order valence-electron chi connectivity index (χ2n) is 4.18. The summed E-state index contributed by atoms with van der Waals surface area (Å²) < 4.78 is 0.778. The standard InChI is InChI=1S/C15H12BrN3O/c16-12-7-6-11(9-17)13(8-12)19-15(20)14(18)10-4-2-1-3-5-10/h1-8,14H,18H2,(H,19,20)/t14-/m0/s1. The Balaban J connectivity index is 2.20. The molecule has 0 aliphatic rings. The molecule has 20 heavy (non-hydrogen) atoms. The molecule has 4 nitrogen and oxygen atoms in total. The van der Waals surface area contributed by atoms with Gasteiger partial charge in [-0.15, -0.1) is 0 Å². The van der Waals surface area contributed by atoms with Crippen molar-refractivity contribution in [2.75, 3.05) is 5.32 Å². The maximum Gasteiger partial charge on any atom is 0.245 e. The quantitative estimate of drug-likeness (QED) is 0.908. The molecule has 1 atom stereocenters. The van der Waals surface area contributed by atoms with Gasteiger partial charge in [-0.3, -0.25) is 4.79 Å². The number of nitriles is 1. The minimum Gasteiger partial charge on any atom is -0.323 e. The second kappa shape index (κ2) is 6.33. The van der Waals surface area contributed by atoms with Crippen LogP contribution in [0, 0.1) is 11.3 Å². The number of halogens is 1. The second-order valence-corrected chi connectivity index (χ2v) is 5.09. The van der Waals surface area contributed by atoms with E-state index in [1.165, 1.54) is 0 Å². The molecule has 0 spiro atoms. The van der Waals surface area contributed by atoms with Gasteiger partial charge in [-0.25, -0.2) is 0 Å². The first kappa shape index (κ1) is 14.3. The fourth-order valence-corrected chi connectivity index (χ4v) is 2.10. The van der Waals surface area contributed by atoms with Crippen molar-refractivity contribution in [2.24, 2.45) is 5.73 Å². The number of carbonyl (C=O) groups is 1. The van der Waals surface area contributed by atoms with Crippen molar-refractivity contribution in [1.29, 1.82) is 5.26 Å². The van der Waals surface area contributed by atoms with Gasteiger partial charge in [0.15, 0.2) is 0 Å². The number of nitrogens with zero attached hydrogens (tertiary/aromatic N) is 1. The third kappa shape index (κ3) is 3.23. The number of hydrogen-bond donors (Lipinski definition) is 2. The first-order valence-electron chi connectivity index (χ1n) is 5.93. The fourth-order valence-electron chi connectivity index (χ4n) is 1.74. The molecule has 0 aliphatic carbocycles. The molecule has 5 heteroatoms. The Labute approximate surface area is 125 Å². The highest BCUT2D eigenvalue weighted by Gasteiger charge is 2.16. The molecule has 2 aromatic carbocycles. The van der Waals surface area contributed by atoms with Gasteiger partial charge in [0.25, 0.3) is 0 Å². The summed E-state index contributed by atoms with van der Waals surface area (Å²) in [5, 5.41) is 11.7. The van der Waals surface area contributed by atoms with Gasteiger partial charge < -0.3 is 11.1 Å². The van der Waals surface area contributed by atoms with E-state index in [0.29, 0.717) is 11.3 Å². The number of nitrogens with two attached hydrogens (primary N) is 1. The summed E-state index contributed by atoms with van der Waals surface area (Å²) >= 11 is 3.31. The number of amides is 1. The molecule has 0 bridgehead atoms. The zero-order valence-electron chi connectivity index (χ0n) is 10.5. The smallest absolute Gasteiger partial charge is 0.245 e. The Morgan fingerprint density at radius 1 is 1.25 bits per heavy atom. The number of benzene rings is 2. The molecule has 0 saturated carbocycles. The van der Waals surface area contributed by atoms with E-state index in [1.807, 2.05) is 24.3 Å². The van der Waals surface area contributed by atoms with Crippen LogP contribution in [-0.4, -0.2) is 5.91 Å². The minimum atomic E-state index is -0.776. The van der Waals surface area contributed by atoms with E-state index in [0.717, 1.165) is 10.0 Å². The molecule has 0 radical (unpaired) electrons. The van der Waals surface area contributed by atoms with E-state index in [4.69, 9.17) is 11.0 Å². The molecule has 2 aromatic rings. The summed E-state index contributed by atoms with van der Waals surface area (Å²) in [6.07, 6.45) is 0. The summed E-state index contributed by atoms with van der Waals surface area (Å²) in [6.45, 7) is 0. The first-order valence-corrected chi connectivity index (χ1v) is 6.72. The summed E-state index contributed by atoms with van der Waals surface area (Å²) in [5.74, 6) is -0.356. The van der Waals surface area contributed by atoms with Gasteiger partial charge in [0.1, 0.15) is 12.1 Å². The van der Waals surface area contributed by atoms with E-state index >= 15 is 0 Å². The van der Waals surface area contributed by atoms with Crippen LogP contribution >= 0.6 is 15.9 Å². The third-order valence-corrected chi connectivity index (χ3v) is 3.29. The molecule has 0 unspecified atom stereocenters. The molecule has 0 fully saturated rings. The Kier molecular flexibility index (Phi) is 4.51. The minimum absolute atomic E-state index is 0.356. The number of nitrogens with one attached hydrogen (secondary N) is 1. The SMILES string of the molecule is N#Cc1ccc(Br)cc1NC(=O)[C@@H](N)c1ccccc1. The van der Waals surface area contributed by atoms with Crippen LogP contribution in [0.1, 0.15) is 17.2 Å². The maximum atomic E-state index is 12.1. The molecule has 100 valence electrons. The predicted octanol–water partition coefficient (Wildman–Crippen LogP) is 2.96. The molecule has 1 amide bonds. The number of hydrogen-bond acceptors (Lipinski definition) is 3. The van der Waals surface area contributed by atoms with Crippen molar-refractivity contribution in [3.8, 4) is 6.07 Å². The van der Waals surface area contributed by atoms with Gasteiger partial charge in [0.05, 0.1) is 11.3 Å². The Morgan fingerprint density at radius 3 is 2.60 bits per heavy atom. The van der Waals surface area contributed by atoms with Gasteiger partial charge in [0.2, 0.25) is 5.91 Å². The monoisotopic (exact) mass is 329 g/mol. The van der Waals surface area contributed by atoms with Crippen LogP contribution in [-0.2, 0) is 4.79 Å². The van der Waals surface area contributed by atoms with Gasteiger partial charge in [-0.2, -0.15) is 5.26 Å². The largest absolute Gasteiger partial charge is 0.323 e. The van der Waals surface area contributed by atoms with Gasteiger partial charge >= 0.3 is 0 Å². The van der Waals surface area contributed by atoms with Gasteiger partial charge in [-0.1, -0.05) is 46.3 Å². The molecule has 2 rings (SSSR count). The Bertz CT molecular complexity index is 665. The highest BCUT2D eigenvalue weighted by atomic mass is 79.9. The van der Waals surface area contributed by atoms with E-state index in [9.17, 15) is 4.79 Å². The summed E-state index contributed by atoms with van der Waals surface area (Å²) in [4.78, 5) is 12.1. The summed E-state index contributed by atoms with van der Waals surface area (Å²) in [7, 11) is 0. The zero-order valence-corrected chi connectivity index (χ0v) is 12.1. The Hall–Kier alpha value is -2.16. The lowest BCUT2D eigenvalue weighted by Gasteiger charge is -2.13. The molecule has 3 N–H and O–H groups in total. The first-order chi connectivity index (χ1) is 9.61. The highest BCUT2D eigenvalue weighted by molar-refractivity contribution is 9.10. The lowest BCUT2D eigenvalue weighted by atomic mass is 10.1. The molecule has 0 saturated heterocycles. The van der Waals surface area contributed by atoms with Crippen molar-refractivity contribution >= 4 is 27.5 Å². The lowest BCUT2D eigenvalue weighted by Crippen LogP contribution is -2.28. The van der Waals surface area contributed by atoms with Crippen molar-refractivity contribution in [3.63, 3.8) is 0 Å². The van der Waals surface area contributed by atoms with Crippen molar-refractivity contribution in [1.82, 2.24) is 0 Å². The highest BCUT2D eigenvalue weighted by Crippen LogP contribution is 2.22. The van der Waals surface area contributed by atoms with Gasteiger partial charge in [-0.05, 0) is 23.8 Å². The van der Waals surface area contributed by atoms with E-state index in [2.05, 4.69) is 21.2 Å². The van der Waals surface area contributed by atoms with Crippen molar-refractivity contribution < 1.29 is 4.79 Å². The molecule has 0 aromatic heterocycles. The van der Waals surface area contributed by atoms with E-state index in [1.54, 1.807) is 30.3 Å². The third-order valence-electron chi connectivity index (χ3n) is 2.80. The average molecular weight is 330 g/mol. The van der Waals surface area contributed by atoms with Crippen LogP contribution in [0.5, 0.6) is 0 Å². The van der Waals surface area contributed by atoms with Crippen LogP contribution in [0.3, 0.4) is 0 Å². The number of anilines is 1. The van der Waals surface area contributed by atoms with Crippen LogP contribution < -0.4 is 11.1 Å². The van der Waals surface area contributed by atoms with Crippen LogP contribution in [0.2, 0.25) is 0 Å². The van der Waals surface area contributed by atoms with Crippen LogP contribution in [0.4, 0.5) is 5.69 Å². The van der Waals surface area contributed by atoms with Gasteiger partial charge in [0, 0.05) is 4.47 Å². The molecular weight excluding hydrogens is 318 g/mol. The fraction of sp³-hybridized carbons (Fsp3) is 0.0667. The summed E-state index contributed by atoms with van der Waals surface area (Å²) in [5.41, 5.74) is 7.46. The molecule has 0 heterocycles. The van der Waals surface area contributed by atoms with E-state index in [-0.39, 0.29) is 5.91 Å². The number of rotatable bonds is 3. The zero-order chi connectivity index (χ0) is 14.5. The Morgan fingerprint density at radius 2 is 1.95 bits per heavy atom. The normalized spacial score (nSPS) is 11.4. The maximum absolute atomic E-state index is 12.1. The predicted molar refractivity (Wildman–Crippen MR) is 80.9 cm³/mol. The summed E-state index contributed by atoms with van der Waals surface area (Å²) in [6, 6.07) is 15.4. The molecular formula is C15H12BrN3O. The van der Waals surface area contributed by atoms with Crippen LogP contribution in [0.15, 0.2) is 53.0 Å². The van der Waals surface area contributed by atoms with E-state index < -0.39 is 6.04 Å². The average Bonchev–Trinajstić information content (AvgIpc) is 2.47. The van der Waals surface area contributed by atoms with Crippen molar-refractivity contribution in [2.45, 2.75) is 6.04 Å². The van der Waals surface area contributed by atoms with Crippen LogP contribution in [0.25, 0.3) is 0 Å². The van der Waals surface area contributed by atoms with Crippen molar-refractivity contribution in [3.05, 3.63) is 64.1 Å².